The Hall–Kier alpha value is -3.37. The summed E-state index contributed by atoms with van der Waals surface area (Å²) in [6.07, 6.45) is 12.3. The highest BCUT2D eigenvalue weighted by Gasteiger charge is 2.26. The maximum atomic E-state index is 13.7. The van der Waals surface area contributed by atoms with E-state index in [4.69, 9.17) is 22.3 Å². The van der Waals surface area contributed by atoms with E-state index in [0.29, 0.717) is 35.3 Å². The van der Waals surface area contributed by atoms with Crippen LogP contribution in [0.15, 0.2) is 82.3 Å². The first-order valence-corrected chi connectivity index (χ1v) is 12.6. The number of alkyl halides is 1. The van der Waals surface area contributed by atoms with Crippen molar-refractivity contribution in [2.75, 3.05) is 20.3 Å². The van der Waals surface area contributed by atoms with Crippen LogP contribution in [0.1, 0.15) is 19.3 Å². The van der Waals surface area contributed by atoms with E-state index in [2.05, 4.69) is 45.6 Å². The molecule has 1 saturated heterocycles. The fourth-order valence-corrected chi connectivity index (χ4v) is 4.44. The lowest BCUT2D eigenvalue weighted by Gasteiger charge is -2.26. The highest BCUT2D eigenvalue weighted by Crippen LogP contribution is 2.28. The summed E-state index contributed by atoms with van der Waals surface area (Å²) in [5.41, 5.74) is 7.26. The van der Waals surface area contributed by atoms with Crippen molar-refractivity contribution in [1.29, 1.82) is 0 Å². The normalized spacial score (nSPS) is 24.4. The molecule has 9 nitrogen and oxygen atoms in total. The van der Waals surface area contributed by atoms with Gasteiger partial charge in [0.15, 0.2) is 6.29 Å². The molecule has 0 aromatic heterocycles. The summed E-state index contributed by atoms with van der Waals surface area (Å²) in [6.45, 7) is 13.1. The zero-order valence-corrected chi connectivity index (χ0v) is 21.9. The Labute approximate surface area is 223 Å². The topological polar surface area (TPSA) is 110 Å². The van der Waals surface area contributed by atoms with E-state index in [1.54, 1.807) is 30.4 Å². The lowest BCUT2D eigenvalue weighted by molar-refractivity contribution is -0.125. The third-order valence-corrected chi connectivity index (χ3v) is 6.46. The molecule has 37 heavy (non-hydrogen) atoms. The van der Waals surface area contributed by atoms with E-state index in [9.17, 15) is 9.18 Å². The summed E-state index contributed by atoms with van der Waals surface area (Å²) >= 11 is 6.35. The number of rotatable bonds is 12. The van der Waals surface area contributed by atoms with Crippen molar-refractivity contribution in [3.05, 3.63) is 72.4 Å². The minimum atomic E-state index is -1.04. The first-order valence-electron chi connectivity index (χ1n) is 12.2. The number of aliphatic imine (C=N–C) groups is 2. The lowest BCUT2D eigenvalue weighted by Crippen LogP contribution is -2.47. The molecular weight excluding hydrogens is 495 g/mol. The highest BCUT2D eigenvalue weighted by molar-refractivity contribution is 6.29. The standard InChI is InChI=1S/C26H36ClFN8O/c1-5-22(25(17(2)27)18(3)33-20-9-6-8-19(28)12-20)30-14-21-10-7-11-36(21)16-32-26(29)34-23-13-24(37)35(4)15-31-23/h5-6,9,12-14,16,19,21-22,25-26,31,33-34H,1-3,7-8,10-11,15,29H2,4H3/b30-14+,32-16+/t19?,21-,22?,25?,26?/m0/s1. The Morgan fingerprint density at radius 3 is 2.86 bits per heavy atom. The minimum Gasteiger partial charge on any atom is -0.359 e. The monoisotopic (exact) mass is 530 g/mol. The van der Waals surface area contributed by atoms with E-state index >= 15 is 0 Å². The first-order chi connectivity index (χ1) is 17.7. The number of nitrogens with zero attached hydrogens (tertiary/aromatic N) is 4. The lowest BCUT2D eigenvalue weighted by atomic mass is 9.96. The SMILES string of the molecule is C=CC(/N=C/[C@@H]1CCCN1/C=N/C(N)NC1=CC(=O)N(C)CN1)C(C(=C)Cl)C(=C)NC1=CC(F)CC=C1. The zero-order chi connectivity index (χ0) is 26.9. The molecule has 0 spiro atoms. The number of amides is 1. The highest BCUT2D eigenvalue weighted by atomic mass is 35.5. The molecule has 5 N–H and O–H groups in total. The van der Waals surface area contributed by atoms with Crippen LogP contribution in [-0.4, -0.2) is 73.1 Å². The van der Waals surface area contributed by atoms with Gasteiger partial charge in [0.2, 0.25) is 0 Å². The average Bonchev–Trinajstić information content (AvgIpc) is 3.29. The summed E-state index contributed by atoms with van der Waals surface area (Å²) in [5.74, 6) is -0.0212. The number of carbonyl (C=O) groups is 1. The van der Waals surface area contributed by atoms with Crippen molar-refractivity contribution in [3.8, 4) is 0 Å². The number of hydrogen-bond acceptors (Lipinski definition) is 7. The summed E-state index contributed by atoms with van der Waals surface area (Å²) in [7, 11) is 1.71. The maximum absolute atomic E-state index is 13.7. The molecule has 0 bridgehead atoms. The molecule has 5 atom stereocenters. The number of nitrogens with one attached hydrogen (secondary N) is 3. The van der Waals surface area contributed by atoms with Crippen molar-refractivity contribution < 1.29 is 9.18 Å². The average molecular weight is 531 g/mol. The van der Waals surface area contributed by atoms with Gasteiger partial charge in [0.05, 0.1) is 31.0 Å². The van der Waals surface area contributed by atoms with Gasteiger partial charge in [0.25, 0.3) is 5.91 Å². The molecule has 1 aliphatic carbocycles. The molecule has 0 aromatic carbocycles. The van der Waals surface area contributed by atoms with Crippen LogP contribution in [0.3, 0.4) is 0 Å². The molecule has 0 aromatic rings. The third-order valence-electron chi connectivity index (χ3n) is 6.22. The molecule has 4 unspecified atom stereocenters. The van der Waals surface area contributed by atoms with E-state index in [-0.39, 0.29) is 11.9 Å². The minimum absolute atomic E-state index is 0.0161. The van der Waals surface area contributed by atoms with E-state index in [1.807, 2.05) is 12.3 Å². The number of likely N-dealkylation sites (tertiary alicyclic amines) is 1. The van der Waals surface area contributed by atoms with Gasteiger partial charge in [-0.05, 0) is 25.0 Å². The van der Waals surface area contributed by atoms with Gasteiger partial charge in [-0.25, -0.2) is 9.38 Å². The van der Waals surface area contributed by atoms with Crippen LogP contribution in [0, 0.1) is 5.92 Å². The Morgan fingerprint density at radius 2 is 2.19 bits per heavy atom. The zero-order valence-electron chi connectivity index (χ0n) is 21.1. The maximum Gasteiger partial charge on any atom is 0.251 e. The number of halogens is 2. The van der Waals surface area contributed by atoms with Crippen LogP contribution >= 0.6 is 11.6 Å². The molecule has 2 heterocycles. The molecule has 0 saturated carbocycles. The first kappa shape index (κ1) is 28.2. The van der Waals surface area contributed by atoms with Crippen LogP contribution in [-0.2, 0) is 4.79 Å². The number of carbonyl (C=O) groups excluding carboxylic acids is 1. The van der Waals surface area contributed by atoms with Crippen LogP contribution in [0.2, 0.25) is 0 Å². The third kappa shape index (κ3) is 8.06. The fourth-order valence-electron chi connectivity index (χ4n) is 4.18. The molecule has 2 aliphatic heterocycles. The summed E-state index contributed by atoms with van der Waals surface area (Å²) in [6, 6.07) is -0.398. The van der Waals surface area contributed by atoms with Gasteiger partial charge < -0.3 is 25.8 Å². The summed E-state index contributed by atoms with van der Waals surface area (Å²) in [5, 5.41) is 9.54. The van der Waals surface area contributed by atoms with Crippen LogP contribution in [0.5, 0.6) is 0 Å². The van der Waals surface area contributed by atoms with Gasteiger partial charge in [-0.3, -0.25) is 15.5 Å². The Bertz CT molecular complexity index is 1040. The van der Waals surface area contributed by atoms with E-state index < -0.39 is 24.4 Å². The van der Waals surface area contributed by atoms with Crippen LogP contribution in [0.4, 0.5) is 4.39 Å². The van der Waals surface area contributed by atoms with Crippen molar-refractivity contribution in [1.82, 2.24) is 25.8 Å². The van der Waals surface area contributed by atoms with Gasteiger partial charge >= 0.3 is 0 Å². The molecule has 1 amide bonds. The smallest absolute Gasteiger partial charge is 0.251 e. The second-order valence-corrected chi connectivity index (χ2v) is 9.59. The van der Waals surface area contributed by atoms with Gasteiger partial charge in [-0.1, -0.05) is 36.9 Å². The van der Waals surface area contributed by atoms with Gasteiger partial charge in [0, 0.05) is 48.7 Å². The van der Waals surface area contributed by atoms with Crippen molar-refractivity contribution >= 4 is 30.1 Å². The number of likely N-dealkylation sites (N-methyl/N-ethyl adjacent to an activating group) is 1. The van der Waals surface area contributed by atoms with Crippen molar-refractivity contribution in [2.45, 2.75) is 43.8 Å². The Morgan fingerprint density at radius 1 is 1.41 bits per heavy atom. The summed E-state index contributed by atoms with van der Waals surface area (Å²) in [4.78, 5) is 24.5. The molecule has 200 valence electrons. The van der Waals surface area contributed by atoms with E-state index in [1.165, 1.54) is 12.2 Å². The molecule has 3 rings (SSSR count). The number of hydrogen-bond donors (Lipinski definition) is 4. The Kier molecular flexibility index (Phi) is 10.1. The molecule has 1 fully saturated rings. The van der Waals surface area contributed by atoms with Crippen molar-refractivity contribution in [3.63, 3.8) is 0 Å². The van der Waals surface area contributed by atoms with Gasteiger partial charge in [0.1, 0.15) is 12.0 Å². The molecule has 0 radical (unpaired) electrons. The van der Waals surface area contributed by atoms with Crippen LogP contribution in [0.25, 0.3) is 0 Å². The molecule has 3 aliphatic rings. The second-order valence-electron chi connectivity index (χ2n) is 9.11. The number of allylic oxidation sites excluding steroid dienone is 3. The van der Waals surface area contributed by atoms with Crippen molar-refractivity contribution in [2.24, 2.45) is 21.6 Å². The molecule has 11 heteroatoms. The second kappa shape index (κ2) is 13.3. The van der Waals surface area contributed by atoms with Gasteiger partial charge in [-0.15, -0.1) is 6.58 Å². The van der Waals surface area contributed by atoms with Crippen LogP contribution < -0.4 is 21.7 Å². The van der Waals surface area contributed by atoms with E-state index in [0.717, 1.165) is 19.4 Å². The largest absolute Gasteiger partial charge is 0.359 e. The Balaban J connectivity index is 1.61. The van der Waals surface area contributed by atoms with Gasteiger partial charge in [-0.2, -0.15) is 0 Å². The predicted molar refractivity (Wildman–Crippen MR) is 148 cm³/mol. The quantitative estimate of drug-likeness (QED) is 0.133. The predicted octanol–water partition coefficient (Wildman–Crippen LogP) is 2.45. The fraction of sp³-hybridized carbons (Fsp3) is 0.423. The summed E-state index contributed by atoms with van der Waals surface area (Å²) < 4.78 is 13.7. The molecular formula is C26H36ClFN8O. The number of nitrogens with two attached hydrogens (primary N) is 1.